The number of nitrogens with zero attached hydrogens (tertiary/aromatic N) is 1. The second kappa shape index (κ2) is 7.23. The van der Waals surface area contributed by atoms with Crippen LogP contribution in [0.4, 0.5) is 11.5 Å². The van der Waals surface area contributed by atoms with Crippen molar-refractivity contribution in [3.8, 4) is 5.75 Å². The number of phenolic OH excluding ortho intramolecular Hbond substituents is 1. The highest BCUT2D eigenvalue weighted by Gasteiger charge is 2.12. The molecule has 124 valence electrons. The number of hydrogen-bond acceptors (Lipinski definition) is 5. The van der Waals surface area contributed by atoms with Crippen LogP contribution in [0.5, 0.6) is 5.75 Å². The fourth-order valence-corrected chi connectivity index (χ4v) is 1.98. The number of carboxylic acids is 1. The molecule has 0 spiro atoms. The number of phenols is 1. The third kappa shape index (κ3) is 4.54. The van der Waals surface area contributed by atoms with Crippen molar-refractivity contribution in [1.82, 2.24) is 4.98 Å². The summed E-state index contributed by atoms with van der Waals surface area (Å²) in [5.41, 5.74) is 0.748. The van der Waals surface area contributed by atoms with E-state index in [0.717, 1.165) is 0 Å². The van der Waals surface area contributed by atoms with Gasteiger partial charge in [0.15, 0.2) is 0 Å². The van der Waals surface area contributed by atoms with E-state index in [1.54, 1.807) is 0 Å². The molecule has 4 N–H and O–H groups in total. The van der Waals surface area contributed by atoms with Crippen LogP contribution >= 0.6 is 0 Å². The zero-order valence-electron chi connectivity index (χ0n) is 12.7. The molecule has 0 aliphatic carbocycles. The van der Waals surface area contributed by atoms with E-state index in [9.17, 15) is 19.5 Å². The zero-order chi connectivity index (χ0) is 17.7. The quantitative estimate of drug-likeness (QED) is 0.617. The lowest BCUT2D eigenvalue weighted by Gasteiger charge is -2.10. The molecule has 0 saturated heterocycles. The molecule has 1 heterocycles. The van der Waals surface area contributed by atoms with Gasteiger partial charge in [-0.2, -0.15) is 0 Å². The van der Waals surface area contributed by atoms with E-state index in [2.05, 4.69) is 15.6 Å². The summed E-state index contributed by atoms with van der Waals surface area (Å²) in [5.74, 6) is -1.84. The predicted octanol–water partition coefficient (Wildman–Crippen LogP) is 1.62. The van der Waals surface area contributed by atoms with Crippen LogP contribution in [-0.2, 0) is 16.0 Å². The molecule has 0 saturated carbocycles. The summed E-state index contributed by atoms with van der Waals surface area (Å²) in [6.07, 6.45) is 1.13. The SMILES string of the molecule is CC(=O)Nc1cc(C(=O)Nc2cc(CC(=O)O)ccc2O)ccn1. The number of hydrogen-bond donors (Lipinski definition) is 4. The minimum absolute atomic E-state index is 0.0941. The predicted molar refractivity (Wildman–Crippen MR) is 85.9 cm³/mol. The van der Waals surface area contributed by atoms with Gasteiger partial charge in [0.05, 0.1) is 12.1 Å². The van der Waals surface area contributed by atoms with Crippen LogP contribution in [-0.4, -0.2) is 33.0 Å². The third-order valence-electron chi connectivity index (χ3n) is 2.99. The maximum atomic E-state index is 12.3. The van der Waals surface area contributed by atoms with Crippen LogP contribution in [0, 0.1) is 0 Å². The molecule has 0 unspecified atom stereocenters. The van der Waals surface area contributed by atoms with E-state index in [1.807, 2.05) is 0 Å². The van der Waals surface area contributed by atoms with Crippen molar-refractivity contribution >= 4 is 29.3 Å². The van der Waals surface area contributed by atoms with Crippen molar-refractivity contribution in [1.29, 1.82) is 0 Å². The summed E-state index contributed by atoms with van der Waals surface area (Å²) in [7, 11) is 0. The van der Waals surface area contributed by atoms with Crippen LogP contribution in [0.15, 0.2) is 36.5 Å². The molecular weight excluding hydrogens is 314 g/mol. The molecule has 2 aromatic rings. The Balaban J connectivity index is 2.20. The summed E-state index contributed by atoms with van der Waals surface area (Å²) in [6.45, 7) is 1.32. The summed E-state index contributed by atoms with van der Waals surface area (Å²) in [4.78, 5) is 37.9. The van der Waals surface area contributed by atoms with Crippen molar-refractivity contribution in [3.05, 3.63) is 47.7 Å². The second-order valence-electron chi connectivity index (χ2n) is 4.99. The molecule has 2 amide bonds. The van der Waals surface area contributed by atoms with E-state index < -0.39 is 11.9 Å². The normalized spacial score (nSPS) is 10.0. The molecular formula is C16H15N3O5. The molecule has 0 bridgehead atoms. The van der Waals surface area contributed by atoms with E-state index in [4.69, 9.17) is 5.11 Å². The van der Waals surface area contributed by atoms with Gasteiger partial charge in [-0.15, -0.1) is 0 Å². The third-order valence-corrected chi connectivity index (χ3v) is 2.99. The van der Waals surface area contributed by atoms with Crippen molar-refractivity contribution in [2.75, 3.05) is 10.6 Å². The number of nitrogens with one attached hydrogen (secondary N) is 2. The average molecular weight is 329 g/mol. The molecule has 0 aliphatic rings. The number of carboxylic acid groups (broad SMARTS) is 1. The lowest BCUT2D eigenvalue weighted by molar-refractivity contribution is -0.136. The van der Waals surface area contributed by atoms with Gasteiger partial charge in [-0.1, -0.05) is 6.07 Å². The number of aromatic hydroxyl groups is 1. The highest BCUT2D eigenvalue weighted by Crippen LogP contribution is 2.25. The minimum Gasteiger partial charge on any atom is -0.506 e. The van der Waals surface area contributed by atoms with Crippen LogP contribution in [0.1, 0.15) is 22.8 Å². The number of aromatic nitrogens is 1. The second-order valence-corrected chi connectivity index (χ2v) is 4.99. The Labute approximate surface area is 137 Å². The van der Waals surface area contributed by atoms with Crippen molar-refractivity contribution in [2.24, 2.45) is 0 Å². The fraction of sp³-hybridized carbons (Fsp3) is 0.125. The van der Waals surface area contributed by atoms with E-state index >= 15 is 0 Å². The minimum atomic E-state index is -1.02. The van der Waals surface area contributed by atoms with Gasteiger partial charge in [0.1, 0.15) is 11.6 Å². The van der Waals surface area contributed by atoms with Crippen molar-refractivity contribution < 1.29 is 24.6 Å². The average Bonchev–Trinajstić information content (AvgIpc) is 2.49. The van der Waals surface area contributed by atoms with Gasteiger partial charge in [0.25, 0.3) is 5.91 Å². The van der Waals surface area contributed by atoms with E-state index in [-0.39, 0.29) is 35.1 Å². The first-order valence-corrected chi connectivity index (χ1v) is 6.94. The molecule has 0 radical (unpaired) electrons. The van der Waals surface area contributed by atoms with Crippen molar-refractivity contribution in [2.45, 2.75) is 13.3 Å². The first-order valence-electron chi connectivity index (χ1n) is 6.94. The Morgan fingerprint density at radius 2 is 1.88 bits per heavy atom. The molecule has 0 atom stereocenters. The van der Waals surface area contributed by atoms with Crippen LogP contribution < -0.4 is 10.6 Å². The van der Waals surface area contributed by atoms with Gasteiger partial charge in [-0.05, 0) is 29.8 Å². The van der Waals surface area contributed by atoms with Crippen LogP contribution in [0.3, 0.4) is 0 Å². The Kier molecular flexibility index (Phi) is 5.10. The number of carbonyl (C=O) groups excluding carboxylic acids is 2. The summed E-state index contributed by atoms with van der Waals surface area (Å²) in [6, 6.07) is 6.98. The first kappa shape index (κ1) is 16.9. The van der Waals surface area contributed by atoms with Gasteiger partial charge in [-0.25, -0.2) is 4.98 Å². The van der Waals surface area contributed by atoms with Gasteiger partial charge < -0.3 is 20.8 Å². The molecule has 8 nitrogen and oxygen atoms in total. The molecule has 2 rings (SSSR count). The topological polar surface area (TPSA) is 129 Å². The lowest BCUT2D eigenvalue weighted by Crippen LogP contribution is -2.14. The molecule has 1 aromatic heterocycles. The Morgan fingerprint density at radius 3 is 2.54 bits per heavy atom. The van der Waals surface area contributed by atoms with Crippen LogP contribution in [0.25, 0.3) is 0 Å². The molecule has 8 heteroatoms. The highest BCUT2D eigenvalue weighted by molar-refractivity contribution is 6.05. The van der Waals surface area contributed by atoms with Gasteiger partial charge in [0.2, 0.25) is 5.91 Å². The Bertz CT molecular complexity index is 804. The fourth-order valence-electron chi connectivity index (χ4n) is 1.98. The number of benzene rings is 1. The molecule has 1 aromatic carbocycles. The number of anilines is 2. The number of carbonyl (C=O) groups is 3. The monoisotopic (exact) mass is 329 g/mol. The summed E-state index contributed by atoms with van der Waals surface area (Å²) < 4.78 is 0. The number of rotatable bonds is 5. The van der Waals surface area contributed by atoms with E-state index in [1.165, 1.54) is 43.5 Å². The molecule has 0 aliphatic heterocycles. The maximum absolute atomic E-state index is 12.3. The number of amides is 2. The zero-order valence-corrected chi connectivity index (χ0v) is 12.7. The Morgan fingerprint density at radius 1 is 1.12 bits per heavy atom. The Hall–Kier alpha value is -3.42. The van der Waals surface area contributed by atoms with Gasteiger partial charge in [-0.3, -0.25) is 14.4 Å². The number of aliphatic carboxylic acids is 1. The lowest BCUT2D eigenvalue weighted by atomic mass is 10.1. The maximum Gasteiger partial charge on any atom is 0.307 e. The van der Waals surface area contributed by atoms with E-state index in [0.29, 0.717) is 5.56 Å². The standard InChI is InChI=1S/C16H15N3O5/c1-9(20)18-14-8-11(4-5-17-14)16(24)19-12-6-10(7-15(22)23)2-3-13(12)21/h2-6,8,21H,7H2,1H3,(H,19,24)(H,22,23)(H,17,18,20). The largest absolute Gasteiger partial charge is 0.506 e. The highest BCUT2D eigenvalue weighted by atomic mass is 16.4. The summed E-state index contributed by atoms with van der Waals surface area (Å²) >= 11 is 0. The smallest absolute Gasteiger partial charge is 0.307 e. The van der Waals surface area contributed by atoms with Gasteiger partial charge in [0, 0.05) is 18.7 Å². The van der Waals surface area contributed by atoms with Crippen LogP contribution in [0.2, 0.25) is 0 Å². The van der Waals surface area contributed by atoms with Gasteiger partial charge >= 0.3 is 5.97 Å². The number of pyridine rings is 1. The summed E-state index contributed by atoms with van der Waals surface area (Å²) in [5, 5.41) is 23.6. The van der Waals surface area contributed by atoms with Crippen molar-refractivity contribution in [3.63, 3.8) is 0 Å². The molecule has 0 fully saturated rings. The molecule has 24 heavy (non-hydrogen) atoms. The first-order chi connectivity index (χ1) is 11.3.